The molecule has 0 unspecified atom stereocenters. The maximum absolute atomic E-state index is 6.24. The highest BCUT2D eigenvalue weighted by Crippen LogP contribution is 2.37. The molecular weight excluding hydrogens is 266 g/mol. The van der Waals surface area contributed by atoms with Gasteiger partial charge in [0.15, 0.2) is 11.5 Å². The zero-order valence-electron chi connectivity index (χ0n) is 12.9. The molecule has 112 valence electrons. The van der Waals surface area contributed by atoms with Crippen LogP contribution in [-0.2, 0) is 12.5 Å². The number of hydrogen-bond acceptors (Lipinski definition) is 4. The van der Waals surface area contributed by atoms with Crippen LogP contribution < -0.4 is 15.2 Å². The van der Waals surface area contributed by atoms with Crippen molar-refractivity contribution in [2.24, 2.45) is 7.05 Å². The number of hydrogen-bond donors (Lipinski definition) is 1. The highest BCUT2D eigenvalue weighted by atomic mass is 16.6. The summed E-state index contributed by atoms with van der Waals surface area (Å²) in [6.07, 6.45) is 0. The van der Waals surface area contributed by atoms with Crippen molar-refractivity contribution >= 4 is 5.82 Å². The van der Waals surface area contributed by atoms with E-state index in [1.54, 1.807) is 0 Å². The van der Waals surface area contributed by atoms with Crippen LogP contribution in [0.15, 0.2) is 18.2 Å². The Morgan fingerprint density at radius 1 is 1.14 bits per heavy atom. The zero-order valence-corrected chi connectivity index (χ0v) is 12.9. The Bertz CT molecular complexity index is 684. The topological polar surface area (TPSA) is 62.3 Å². The Morgan fingerprint density at radius 3 is 2.43 bits per heavy atom. The Morgan fingerprint density at radius 2 is 1.81 bits per heavy atom. The normalized spacial score (nSPS) is 14.3. The van der Waals surface area contributed by atoms with Gasteiger partial charge in [0.05, 0.1) is 0 Å². The molecule has 0 atom stereocenters. The molecule has 0 bridgehead atoms. The second-order valence-corrected chi connectivity index (χ2v) is 6.34. The van der Waals surface area contributed by atoms with Crippen molar-refractivity contribution in [2.75, 3.05) is 18.9 Å². The van der Waals surface area contributed by atoms with Gasteiger partial charge in [0.1, 0.15) is 30.5 Å². The number of anilines is 1. The number of nitrogens with two attached hydrogens (primary N) is 1. The minimum Gasteiger partial charge on any atom is -0.486 e. The Labute approximate surface area is 124 Å². The molecule has 0 fully saturated rings. The van der Waals surface area contributed by atoms with Gasteiger partial charge in [-0.15, -0.1) is 0 Å². The molecule has 0 saturated heterocycles. The average molecular weight is 287 g/mol. The van der Waals surface area contributed by atoms with Crippen molar-refractivity contribution in [1.82, 2.24) is 9.55 Å². The third-order valence-corrected chi connectivity index (χ3v) is 3.63. The summed E-state index contributed by atoms with van der Waals surface area (Å²) in [6.45, 7) is 7.54. The summed E-state index contributed by atoms with van der Waals surface area (Å²) < 4.78 is 13.1. The van der Waals surface area contributed by atoms with E-state index in [1.165, 1.54) is 0 Å². The van der Waals surface area contributed by atoms with E-state index in [1.807, 2.05) is 29.8 Å². The second kappa shape index (κ2) is 4.69. The molecule has 21 heavy (non-hydrogen) atoms. The fraction of sp³-hybridized carbons (Fsp3) is 0.438. The third kappa shape index (κ3) is 2.33. The van der Waals surface area contributed by atoms with E-state index in [0.29, 0.717) is 19.0 Å². The number of aromatic nitrogens is 2. The molecule has 1 aromatic carbocycles. The molecule has 1 aliphatic heterocycles. The number of nitrogen functional groups attached to an aromatic ring is 1. The Balaban J connectivity index is 2.09. The minimum absolute atomic E-state index is 0.0606. The molecule has 0 amide bonds. The smallest absolute Gasteiger partial charge is 0.162 e. The van der Waals surface area contributed by atoms with E-state index in [0.717, 1.165) is 28.6 Å². The van der Waals surface area contributed by atoms with Gasteiger partial charge in [-0.05, 0) is 18.2 Å². The van der Waals surface area contributed by atoms with Crippen molar-refractivity contribution in [3.63, 3.8) is 0 Å². The first-order valence-corrected chi connectivity index (χ1v) is 7.10. The first-order valence-electron chi connectivity index (χ1n) is 7.10. The van der Waals surface area contributed by atoms with Gasteiger partial charge in [0.25, 0.3) is 0 Å². The number of imidazole rings is 1. The summed E-state index contributed by atoms with van der Waals surface area (Å²) in [4.78, 5) is 4.74. The molecule has 5 heteroatoms. The van der Waals surface area contributed by atoms with E-state index >= 15 is 0 Å². The Kier molecular flexibility index (Phi) is 3.08. The van der Waals surface area contributed by atoms with Crippen LogP contribution in [0, 0.1) is 0 Å². The number of rotatable bonds is 1. The van der Waals surface area contributed by atoms with Crippen LogP contribution in [-0.4, -0.2) is 22.8 Å². The van der Waals surface area contributed by atoms with Crippen LogP contribution in [0.1, 0.15) is 26.6 Å². The highest BCUT2D eigenvalue weighted by Gasteiger charge is 2.24. The maximum atomic E-state index is 6.24. The number of benzene rings is 1. The standard InChI is InChI=1S/C16H21N3O2/c1-16(2,3)15-18-13(14(17)19(15)4)10-5-6-11-12(9-10)21-8-7-20-11/h5-6,9H,7-8,17H2,1-4H3. The van der Waals surface area contributed by atoms with Gasteiger partial charge in [-0.2, -0.15) is 0 Å². The molecule has 0 spiro atoms. The lowest BCUT2D eigenvalue weighted by Gasteiger charge is -2.18. The van der Waals surface area contributed by atoms with Gasteiger partial charge < -0.3 is 19.8 Å². The first-order chi connectivity index (χ1) is 9.88. The van der Waals surface area contributed by atoms with Crippen LogP contribution in [0.4, 0.5) is 5.82 Å². The summed E-state index contributed by atoms with van der Waals surface area (Å²) in [6, 6.07) is 5.83. The van der Waals surface area contributed by atoms with Gasteiger partial charge in [-0.1, -0.05) is 20.8 Å². The van der Waals surface area contributed by atoms with Gasteiger partial charge in [-0.25, -0.2) is 4.98 Å². The van der Waals surface area contributed by atoms with Crippen LogP contribution >= 0.6 is 0 Å². The van der Waals surface area contributed by atoms with Crippen molar-refractivity contribution in [1.29, 1.82) is 0 Å². The van der Waals surface area contributed by atoms with Gasteiger partial charge in [0, 0.05) is 18.0 Å². The summed E-state index contributed by atoms with van der Waals surface area (Å²) in [7, 11) is 1.95. The largest absolute Gasteiger partial charge is 0.486 e. The summed E-state index contributed by atoms with van der Waals surface area (Å²) in [5, 5.41) is 0. The van der Waals surface area contributed by atoms with Crippen LogP contribution in [0.25, 0.3) is 11.3 Å². The monoisotopic (exact) mass is 287 g/mol. The van der Waals surface area contributed by atoms with Crippen LogP contribution in [0.5, 0.6) is 11.5 Å². The molecule has 1 aromatic heterocycles. The predicted molar refractivity (Wildman–Crippen MR) is 82.7 cm³/mol. The lowest BCUT2D eigenvalue weighted by molar-refractivity contribution is 0.171. The SMILES string of the molecule is Cn1c(C(C)(C)C)nc(-c2ccc3c(c2)OCCO3)c1N. The number of fused-ring (bicyclic) bond motifs is 1. The van der Waals surface area contributed by atoms with Crippen molar-refractivity contribution in [2.45, 2.75) is 26.2 Å². The van der Waals surface area contributed by atoms with Crippen LogP contribution in [0.2, 0.25) is 0 Å². The fourth-order valence-electron chi connectivity index (χ4n) is 2.59. The molecule has 2 aromatic rings. The zero-order chi connectivity index (χ0) is 15.2. The van der Waals surface area contributed by atoms with Gasteiger partial charge in [-0.3, -0.25) is 0 Å². The van der Waals surface area contributed by atoms with E-state index < -0.39 is 0 Å². The molecule has 0 aliphatic carbocycles. The highest BCUT2D eigenvalue weighted by molar-refractivity contribution is 5.73. The second-order valence-electron chi connectivity index (χ2n) is 6.34. The van der Waals surface area contributed by atoms with E-state index in [4.69, 9.17) is 20.2 Å². The number of nitrogens with zero attached hydrogens (tertiary/aromatic N) is 2. The van der Waals surface area contributed by atoms with Gasteiger partial charge in [0.2, 0.25) is 0 Å². The number of ether oxygens (including phenoxy) is 2. The van der Waals surface area contributed by atoms with Crippen molar-refractivity contribution in [3.8, 4) is 22.8 Å². The molecular formula is C16H21N3O2. The summed E-state index contributed by atoms with van der Waals surface area (Å²) in [5.74, 6) is 3.15. The molecule has 5 nitrogen and oxygen atoms in total. The molecule has 2 N–H and O–H groups in total. The first kappa shape index (κ1) is 13.8. The minimum atomic E-state index is -0.0606. The van der Waals surface area contributed by atoms with Gasteiger partial charge >= 0.3 is 0 Å². The predicted octanol–water partition coefficient (Wildman–Crippen LogP) is 2.74. The van der Waals surface area contributed by atoms with Crippen LogP contribution in [0.3, 0.4) is 0 Å². The van der Waals surface area contributed by atoms with Crippen molar-refractivity contribution in [3.05, 3.63) is 24.0 Å². The maximum Gasteiger partial charge on any atom is 0.162 e. The molecule has 2 heterocycles. The molecule has 3 rings (SSSR count). The average Bonchev–Trinajstić information content (AvgIpc) is 2.75. The fourth-order valence-corrected chi connectivity index (χ4v) is 2.59. The molecule has 0 radical (unpaired) electrons. The van der Waals surface area contributed by atoms with E-state index in [-0.39, 0.29) is 5.41 Å². The summed E-state index contributed by atoms with van der Waals surface area (Å²) in [5.41, 5.74) is 7.91. The lowest BCUT2D eigenvalue weighted by Crippen LogP contribution is -2.17. The van der Waals surface area contributed by atoms with Crippen molar-refractivity contribution < 1.29 is 9.47 Å². The third-order valence-electron chi connectivity index (χ3n) is 3.63. The molecule has 1 aliphatic rings. The Hall–Kier alpha value is -2.17. The summed E-state index contributed by atoms with van der Waals surface area (Å²) >= 11 is 0. The quantitative estimate of drug-likeness (QED) is 0.876. The van der Waals surface area contributed by atoms with E-state index in [2.05, 4.69) is 20.8 Å². The van der Waals surface area contributed by atoms with E-state index in [9.17, 15) is 0 Å². The lowest BCUT2D eigenvalue weighted by atomic mass is 9.96. The molecule has 0 saturated carbocycles.